The second-order valence-electron chi connectivity index (χ2n) is 8.39. The second kappa shape index (κ2) is 10.7. The van der Waals surface area contributed by atoms with Crippen molar-refractivity contribution in [2.24, 2.45) is 0 Å². The Morgan fingerprint density at radius 2 is 1.79 bits per heavy atom. The van der Waals surface area contributed by atoms with Crippen LogP contribution >= 0.6 is 0 Å². The molecule has 192 valence electrons. The van der Waals surface area contributed by atoms with Gasteiger partial charge in [0.15, 0.2) is 6.61 Å². The van der Waals surface area contributed by atoms with E-state index in [1.165, 1.54) is 30.3 Å². The number of nitrogens with zero attached hydrogens (tertiary/aromatic N) is 2. The molecule has 0 spiro atoms. The number of nitro groups is 1. The summed E-state index contributed by atoms with van der Waals surface area (Å²) in [5.41, 5.74) is 2.31. The third kappa shape index (κ3) is 5.57. The van der Waals surface area contributed by atoms with Crippen LogP contribution < -0.4 is 20.3 Å². The Labute approximate surface area is 216 Å². The predicted octanol–water partition coefficient (Wildman–Crippen LogP) is 3.90. The summed E-state index contributed by atoms with van der Waals surface area (Å²) in [5.74, 6) is -1.92. The zero-order valence-electron chi connectivity index (χ0n) is 20.4. The predicted molar refractivity (Wildman–Crippen MR) is 139 cm³/mol. The molecule has 1 saturated heterocycles. The Hall–Kier alpha value is -5.32. The minimum atomic E-state index is -1.02. The number of aryl methyl sites for hydroxylation is 1. The van der Waals surface area contributed by atoms with Crippen molar-refractivity contribution >= 4 is 46.9 Å². The summed E-state index contributed by atoms with van der Waals surface area (Å²) in [6.45, 7) is 3.57. The number of rotatable bonds is 7. The summed E-state index contributed by atoms with van der Waals surface area (Å²) in [4.78, 5) is 61.4. The largest absolute Gasteiger partial charge is 0.484 e. The van der Waals surface area contributed by atoms with Gasteiger partial charge in [-0.15, -0.1) is 0 Å². The van der Waals surface area contributed by atoms with E-state index in [4.69, 9.17) is 4.74 Å². The molecule has 11 heteroatoms. The molecule has 5 amide bonds. The monoisotopic (exact) mass is 514 g/mol. The number of benzene rings is 3. The molecule has 0 saturated carbocycles. The van der Waals surface area contributed by atoms with E-state index in [9.17, 15) is 29.3 Å². The van der Waals surface area contributed by atoms with E-state index in [0.29, 0.717) is 21.9 Å². The Morgan fingerprint density at radius 3 is 2.55 bits per heavy atom. The van der Waals surface area contributed by atoms with Crippen molar-refractivity contribution in [2.45, 2.75) is 13.8 Å². The van der Waals surface area contributed by atoms with E-state index >= 15 is 0 Å². The first kappa shape index (κ1) is 25.8. The summed E-state index contributed by atoms with van der Waals surface area (Å²) >= 11 is 0. The molecular weight excluding hydrogens is 492 g/mol. The van der Waals surface area contributed by atoms with E-state index in [1.807, 2.05) is 26.0 Å². The molecule has 1 heterocycles. The fraction of sp³-hybridized carbons (Fsp3) is 0.111. The van der Waals surface area contributed by atoms with Crippen LogP contribution in [0.5, 0.6) is 5.75 Å². The molecule has 1 aliphatic heterocycles. The quantitative estimate of drug-likeness (QED) is 0.210. The minimum Gasteiger partial charge on any atom is -0.484 e. The molecule has 3 aromatic rings. The topological polar surface area (TPSA) is 148 Å². The maximum Gasteiger partial charge on any atom is 0.335 e. The van der Waals surface area contributed by atoms with Gasteiger partial charge in [0.05, 0.1) is 10.6 Å². The SMILES string of the molecule is Cc1cccc(NC(=O)COc2cccc(/C=C3/C(=O)NC(=O)N(c4cccc([N+](=O)[O-])c4)C3=O)c2)c1C. The Morgan fingerprint density at radius 1 is 1.05 bits per heavy atom. The average Bonchev–Trinajstić information content (AvgIpc) is 2.88. The van der Waals surface area contributed by atoms with Gasteiger partial charge in [-0.2, -0.15) is 0 Å². The Bertz CT molecular complexity index is 1510. The second-order valence-corrected chi connectivity index (χ2v) is 8.39. The lowest BCUT2D eigenvalue weighted by atomic mass is 10.1. The number of carbonyl (C=O) groups is 4. The lowest BCUT2D eigenvalue weighted by Crippen LogP contribution is -2.54. The molecule has 0 radical (unpaired) electrons. The smallest absolute Gasteiger partial charge is 0.335 e. The van der Waals surface area contributed by atoms with Gasteiger partial charge in [0.2, 0.25) is 0 Å². The lowest BCUT2D eigenvalue weighted by Gasteiger charge is -2.26. The van der Waals surface area contributed by atoms with Gasteiger partial charge in [-0.3, -0.25) is 29.8 Å². The van der Waals surface area contributed by atoms with Crippen LogP contribution in [-0.2, 0) is 14.4 Å². The van der Waals surface area contributed by atoms with Crippen LogP contribution in [0.1, 0.15) is 16.7 Å². The normalized spacial score (nSPS) is 14.3. The number of hydrogen-bond donors (Lipinski definition) is 2. The molecular formula is C27H22N4O7. The van der Waals surface area contributed by atoms with Crippen molar-refractivity contribution in [2.75, 3.05) is 16.8 Å². The van der Waals surface area contributed by atoms with Gasteiger partial charge < -0.3 is 10.1 Å². The van der Waals surface area contributed by atoms with E-state index in [0.717, 1.165) is 17.2 Å². The molecule has 0 unspecified atom stereocenters. The molecule has 38 heavy (non-hydrogen) atoms. The molecule has 0 aromatic heterocycles. The fourth-order valence-electron chi connectivity index (χ4n) is 3.72. The van der Waals surface area contributed by atoms with Crippen LogP contribution in [0.4, 0.5) is 21.9 Å². The number of carbonyl (C=O) groups excluding carboxylic acids is 4. The molecule has 0 aliphatic carbocycles. The van der Waals surface area contributed by atoms with E-state index in [2.05, 4.69) is 10.6 Å². The number of nitro benzene ring substituents is 1. The molecule has 0 bridgehead atoms. The van der Waals surface area contributed by atoms with Crippen molar-refractivity contribution in [3.63, 3.8) is 0 Å². The number of hydrogen-bond acceptors (Lipinski definition) is 7. The first-order valence-electron chi connectivity index (χ1n) is 11.4. The first-order chi connectivity index (χ1) is 18.1. The number of ether oxygens (including phenoxy) is 1. The summed E-state index contributed by atoms with van der Waals surface area (Å²) < 4.78 is 5.58. The molecule has 1 aliphatic rings. The van der Waals surface area contributed by atoms with Crippen molar-refractivity contribution in [1.82, 2.24) is 5.32 Å². The van der Waals surface area contributed by atoms with Crippen LogP contribution in [0.2, 0.25) is 0 Å². The maximum absolute atomic E-state index is 13.1. The van der Waals surface area contributed by atoms with E-state index in [1.54, 1.807) is 24.3 Å². The molecule has 3 aromatic carbocycles. The maximum atomic E-state index is 13.1. The zero-order valence-corrected chi connectivity index (χ0v) is 20.4. The van der Waals surface area contributed by atoms with Crippen LogP contribution in [0.25, 0.3) is 6.08 Å². The summed E-state index contributed by atoms with van der Waals surface area (Å²) in [6, 6.07) is 15.8. The average molecular weight is 514 g/mol. The number of anilines is 2. The number of urea groups is 1. The van der Waals surface area contributed by atoms with Crippen molar-refractivity contribution in [3.05, 3.63) is 99.1 Å². The molecule has 0 atom stereocenters. The van der Waals surface area contributed by atoms with Gasteiger partial charge in [0.1, 0.15) is 11.3 Å². The van der Waals surface area contributed by atoms with Gasteiger partial charge in [0, 0.05) is 17.8 Å². The highest BCUT2D eigenvalue weighted by atomic mass is 16.6. The van der Waals surface area contributed by atoms with E-state index in [-0.39, 0.29) is 29.5 Å². The van der Waals surface area contributed by atoms with E-state index < -0.39 is 22.8 Å². The lowest BCUT2D eigenvalue weighted by molar-refractivity contribution is -0.384. The number of imide groups is 2. The molecule has 11 nitrogen and oxygen atoms in total. The molecule has 1 fully saturated rings. The van der Waals surface area contributed by atoms with Crippen molar-refractivity contribution in [1.29, 1.82) is 0 Å². The number of non-ortho nitro benzene ring substituents is 1. The Kier molecular flexibility index (Phi) is 7.28. The van der Waals surface area contributed by atoms with Crippen LogP contribution in [0.3, 0.4) is 0 Å². The Balaban J connectivity index is 1.51. The minimum absolute atomic E-state index is 0.0629. The zero-order chi connectivity index (χ0) is 27.4. The molecule has 2 N–H and O–H groups in total. The van der Waals surface area contributed by atoms with Crippen LogP contribution in [-0.4, -0.2) is 35.3 Å². The highest BCUT2D eigenvalue weighted by molar-refractivity contribution is 6.39. The molecule has 4 rings (SSSR count). The highest BCUT2D eigenvalue weighted by Crippen LogP contribution is 2.26. The standard InChI is InChI=1S/C27H22N4O7/c1-16-6-3-11-23(17(16)2)28-24(32)15-38-21-10-4-7-18(12-21)13-22-25(33)29-27(35)30(26(22)34)19-8-5-9-20(14-19)31(36)37/h3-14H,15H2,1-2H3,(H,28,32)(H,29,33,35)/b22-13-. The highest BCUT2D eigenvalue weighted by Gasteiger charge is 2.37. The third-order valence-electron chi connectivity index (χ3n) is 5.82. The van der Waals surface area contributed by atoms with Gasteiger partial charge in [-0.05, 0) is 60.9 Å². The third-order valence-corrected chi connectivity index (χ3v) is 5.82. The van der Waals surface area contributed by atoms with Crippen molar-refractivity contribution < 1.29 is 28.8 Å². The summed E-state index contributed by atoms with van der Waals surface area (Å²) in [7, 11) is 0. The van der Waals surface area contributed by atoms with Gasteiger partial charge in [0.25, 0.3) is 23.4 Å². The van der Waals surface area contributed by atoms with Gasteiger partial charge in [-0.1, -0.05) is 30.3 Å². The number of nitrogens with one attached hydrogen (secondary N) is 2. The number of barbiturate groups is 1. The van der Waals surface area contributed by atoms with Crippen LogP contribution in [0.15, 0.2) is 72.3 Å². The summed E-state index contributed by atoms with van der Waals surface area (Å²) in [6.07, 6.45) is 1.26. The van der Waals surface area contributed by atoms with Crippen molar-refractivity contribution in [3.8, 4) is 5.75 Å². The van der Waals surface area contributed by atoms with Crippen LogP contribution in [0, 0.1) is 24.0 Å². The fourth-order valence-corrected chi connectivity index (χ4v) is 3.72. The summed E-state index contributed by atoms with van der Waals surface area (Å²) in [5, 5.41) is 16.0. The number of amides is 5. The first-order valence-corrected chi connectivity index (χ1v) is 11.4. The van der Waals surface area contributed by atoms with Gasteiger partial charge >= 0.3 is 6.03 Å². The van der Waals surface area contributed by atoms with Gasteiger partial charge in [-0.25, -0.2) is 9.69 Å².